The van der Waals surface area contributed by atoms with Gasteiger partial charge in [-0.25, -0.2) is 0 Å². The molecule has 22 heteroatoms. The van der Waals surface area contributed by atoms with E-state index in [0.29, 0.717) is 0 Å². The van der Waals surface area contributed by atoms with Gasteiger partial charge in [0.1, 0.15) is 17.9 Å². The fraction of sp³-hybridized carbons (Fsp3) is 0.400. The van der Waals surface area contributed by atoms with Gasteiger partial charge in [-0.2, -0.15) is 39.5 Å². The van der Waals surface area contributed by atoms with Crippen LogP contribution in [0.15, 0.2) is 0 Å². The Morgan fingerprint density at radius 1 is 0.405 bits per heavy atom. The van der Waals surface area contributed by atoms with E-state index in [-0.39, 0.29) is 25.8 Å². The van der Waals surface area contributed by atoms with Crippen LogP contribution in [0.5, 0.6) is 0 Å². The van der Waals surface area contributed by atoms with Crippen LogP contribution >= 0.6 is 0 Å². The summed E-state index contributed by atoms with van der Waals surface area (Å²) in [5, 5.41) is 28.7. The van der Waals surface area contributed by atoms with Crippen LogP contribution in [0, 0.1) is 0 Å². The number of hydrogen-bond acceptors (Lipinski definition) is 12. The molecule has 0 atom stereocenters. The van der Waals surface area contributed by atoms with Gasteiger partial charge in [-0.15, -0.1) is 0 Å². The van der Waals surface area contributed by atoms with Crippen molar-refractivity contribution in [3.8, 4) is 0 Å². The smallest absolute Gasteiger partial charge is 0.542 e. The average Bonchev–Trinajstić information content (AvgIpc) is 2.66. The van der Waals surface area contributed by atoms with Gasteiger partial charge in [0.15, 0.2) is 17.3 Å². The summed E-state index contributed by atoms with van der Waals surface area (Å²) < 4.78 is 102. The molecule has 0 amide bonds. The van der Waals surface area contributed by atoms with Gasteiger partial charge in [-0.3, -0.25) is 28.8 Å². The van der Waals surface area contributed by atoms with Gasteiger partial charge < -0.3 is 29.7 Å². The largest absolute Gasteiger partial charge is 3.00 e. The van der Waals surface area contributed by atoms with E-state index in [0.717, 1.165) is 0 Å². The van der Waals surface area contributed by atoms with E-state index >= 15 is 0 Å². The van der Waals surface area contributed by atoms with Crippen molar-refractivity contribution >= 4 is 78.5 Å². The standard InChI is InChI=1S/3C5H3F3O4.In/c3*6-5(7,8)3(10)1-2(9)4(11)12;/h3*1H2,(H,11,12);/q;;;+3/p-3. The van der Waals surface area contributed by atoms with Crippen LogP contribution in [0.2, 0.25) is 0 Å². The Balaban J connectivity index is -0.000000218. The van der Waals surface area contributed by atoms with Gasteiger partial charge in [0.05, 0.1) is 19.3 Å². The van der Waals surface area contributed by atoms with Gasteiger partial charge in [0.2, 0.25) is 17.3 Å². The summed E-state index contributed by atoms with van der Waals surface area (Å²) in [5.41, 5.74) is 0. The average molecular weight is 664 g/mol. The topological polar surface area (TPSA) is 223 Å². The summed E-state index contributed by atoms with van der Waals surface area (Å²) in [6.45, 7) is 0. The summed E-state index contributed by atoms with van der Waals surface area (Å²) in [6, 6.07) is 0. The molecular formula is C15H6F9InO12. The first-order valence-electron chi connectivity index (χ1n) is 7.77. The summed E-state index contributed by atoms with van der Waals surface area (Å²) in [7, 11) is 0. The van der Waals surface area contributed by atoms with Crippen molar-refractivity contribution < 1.29 is 98.0 Å². The molecule has 0 rings (SSSR count). The predicted octanol–water partition coefficient (Wildman–Crippen LogP) is -3.90. The maximum absolute atomic E-state index is 11.4. The van der Waals surface area contributed by atoms with E-state index in [1.54, 1.807) is 0 Å². The number of carboxylic acids is 3. The molecule has 0 aliphatic rings. The molecule has 0 radical (unpaired) electrons. The number of carbonyl (C=O) groups is 9. The maximum Gasteiger partial charge on any atom is 3.00 e. The van der Waals surface area contributed by atoms with E-state index in [9.17, 15) is 98.0 Å². The molecule has 204 valence electrons. The molecule has 0 aliphatic heterocycles. The number of aliphatic carboxylic acids is 3. The molecule has 0 bridgehead atoms. The molecule has 0 saturated heterocycles. The van der Waals surface area contributed by atoms with E-state index in [1.807, 2.05) is 0 Å². The number of hydrogen-bond donors (Lipinski definition) is 0. The first-order chi connectivity index (χ1) is 15.7. The van der Waals surface area contributed by atoms with E-state index in [4.69, 9.17) is 0 Å². The fourth-order valence-corrected chi connectivity index (χ4v) is 0.955. The number of halogens is 9. The molecule has 0 fully saturated rings. The molecule has 0 aromatic rings. The van der Waals surface area contributed by atoms with Crippen molar-refractivity contribution in [2.75, 3.05) is 0 Å². The Morgan fingerprint density at radius 2 is 0.541 bits per heavy atom. The van der Waals surface area contributed by atoms with Gasteiger partial charge in [-0.05, 0) is 0 Å². The molecule has 0 aliphatic carbocycles. The molecule has 0 saturated carbocycles. The molecule has 37 heavy (non-hydrogen) atoms. The molecule has 12 nitrogen and oxygen atoms in total. The van der Waals surface area contributed by atoms with Crippen molar-refractivity contribution in [2.45, 2.75) is 37.8 Å². The molecule has 0 N–H and O–H groups in total. The van der Waals surface area contributed by atoms with E-state index in [2.05, 4.69) is 0 Å². The van der Waals surface area contributed by atoms with Crippen LogP contribution in [0.25, 0.3) is 0 Å². The zero-order valence-electron chi connectivity index (χ0n) is 17.0. The minimum absolute atomic E-state index is 0. The second-order valence-corrected chi connectivity index (χ2v) is 5.43. The van der Waals surface area contributed by atoms with Crippen molar-refractivity contribution in [3.05, 3.63) is 0 Å². The third-order valence-electron chi connectivity index (χ3n) is 2.59. The van der Waals surface area contributed by atoms with Gasteiger partial charge >= 0.3 is 44.4 Å². The zero-order valence-corrected chi connectivity index (χ0v) is 20.3. The monoisotopic (exact) mass is 664 g/mol. The Hall–Kier alpha value is -3.33. The number of Topliss-reactive ketones (excluding diaryl/α,β-unsaturated/α-hetero) is 6. The minimum atomic E-state index is -5.18. The Morgan fingerprint density at radius 3 is 0.622 bits per heavy atom. The molecule has 0 spiro atoms. The SMILES string of the molecule is O=C([O-])C(=O)CC(=O)C(F)(F)F.O=C([O-])C(=O)CC(=O)C(F)(F)F.O=C([O-])C(=O)CC(=O)C(F)(F)F.[In+3]. The Kier molecular flexibility index (Phi) is 18.1. The van der Waals surface area contributed by atoms with Crippen LogP contribution in [0.3, 0.4) is 0 Å². The van der Waals surface area contributed by atoms with Crippen molar-refractivity contribution in [1.82, 2.24) is 0 Å². The van der Waals surface area contributed by atoms with Crippen LogP contribution in [0.4, 0.5) is 39.5 Å². The zero-order chi connectivity index (χ0) is 29.8. The number of carbonyl (C=O) groups excluding carboxylic acids is 9. The number of rotatable bonds is 9. The summed E-state index contributed by atoms with van der Waals surface area (Å²) >= 11 is 0. The quantitative estimate of drug-likeness (QED) is 0.131. The number of alkyl halides is 9. The first kappa shape index (κ1) is 40.8. The Labute approximate surface area is 214 Å². The molecule has 0 heterocycles. The van der Waals surface area contributed by atoms with Crippen LogP contribution in [-0.4, -0.2) is 97.0 Å². The van der Waals surface area contributed by atoms with Crippen molar-refractivity contribution in [2.24, 2.45) is 0 Å². The minimum Gasteiger partial charge on any atom is -0.542 e. The van der Waals surface area contributed by atoms with Crippen molar-refractivity contribution in [1.29, 1.82) is 0 Å². The molecule has 0 aromatic carbocycles. The van der Waals surface area contributed by atoms with E-state index in [1.165, 1.54) is 0 Å². The van der Waals surface area contributed by atoms with Crippen molar-refractivity contribution in [3.63, 3.8) is 0 Å². The van der Waals surface area contributed by atoms with Gasteiger partial charge in [0, 0.05) is 0 Å². The molecule has 0 unspecified atom stereocenters. The maximum atomic E-state index is 11.4. The normalized spacial score (nSPS) is 10.6. The van der Waals surface area contributed by atoms with Gasteiger partial charge in [0.25, 0.3) is 0 Å². The summed E-state index contributed by atoms with van der Waals surface area (Å²) in [5.74, 6) is -19.7. The number of ketones is 6. The molecular weight excluding hydrogens is 658 g/mol. The molecule has 0 aromatic heterocycles. The fourth-order valence-electron chi connectivity index (χ4n) is 0.955. The van der Waals surface area contributed by atoms with Gasteiger partial charge in [-0.1, -0.05) is 0 Å². The third-order valence-corrected chi connectivity index (χ3v) is 2.59. The summed E-state index contributed by atoms with van der Waals surface area (Å²) in [4.78, 5) is 88.6. The van der Waals surface area contributed by atoms with E-state index < -0.39 is 90.4 Å². The van der Waals surface area contributed by atoms with Crippen LogP contribution in [-0.2, 0) is 43.2 Å². The third kappa shape index (κ3) is 20.6. The summed E-state index contributed by atoms with van der Waals surface area (Å²) in [6.07, 6.45) is -20.6. The van der Waals surface area contributed by atoms with Crippen LogP contribution in [0.1, 0.15) is 19.3 Å². The Bertz CT molecular complexity index is 814. The van der Waals surface area contributed by atoms with Crippen LogP contribution < -0.4 is 15.3 Å². The second kappa shape index (κ2) is 16.4. The predicted molar refractivity (Wildman–Crippen MR) is 82.8 cm³/mol. The first-order valence-corrected chi connectivity index (χ1v) is 7.77. The number of carboxylic acid groups (broad SMARTS) is 3. The second-order valence-electron chi connectivity index (χ2n) is 5.43.